The number of halogens is 1. The van der Waals surface area contributed by atoms with Crippen molar-refractivity contribution in [1.29, 1.82) is 0 Å². The van der Waals surface area contributed by atoms with E-state index in [1.54, 1.807) is 24.3 Å². The van der Waals surface area contributed by atoms with Gasteiger partial charge in [0.1, 0.15) is 0 Å². The maximum absolute atomic E-state index is 11.7. The van der Waals surface area contributed by atoms with Gasteiger partial charge in [-0.3, -0.25) is 0 Å². The van der Waals surface area contributed by atoms with Gasteiger partial charge in [-0.15, -0.1) is 24.0 Å². The zero-order valence-electron chi connectivity index (χ0n) is 15.0. The Balaban J connectivity index is 0.00000576. The van der Waals surface area contributed by atoms with Crippen molar-refractivity contribution in [2.24, 2.45) is 4.99 Å². The molecule has 0 aliphatic carbocycles. The second kappa shape index (κ2) is 13.3. The van der Waals surface area contributed by atoms with E-state index in [9.17, 15) is 8.42 Å². The van der Waals surface area contributed by atoms with E-state index in [1.807, 2.05) is 13.8 Å². The summed E-state index contributed by atoms with van der Waals surface area (Å²) in [6.45, 7) is 7.47. The zero-order valence-corrected chi connectivity index (χ0v) is 18.2. The van der Waals surface area contributed by atoms with Crippen LogP contribution in [-0.4, -0.2) is 47.7 Å². The molecule has 0 saturated carbocycles. The second-order valence-corrected chi connectivity index (χ2v) is 6.91. The van der Waals surface area contributed by atoms with Crippen molar-refractivity contribution in [2.75, 3.05) is 33.4 Å². The average Bonchev–Trinajstić information content (AvgIpc) is 2.59. The zero-order chi connectivity index (χ0) is 17.8. The Kier molecular flexibility index (Phi) is 12.8. The van der Waals surface area contributed by atoms with Crippen LogP contribution in [0.4, 0.5) is 0 Å². The van der Waals surface area contributed by atoms with E-state index < -0.39 is 10.0 Å². The Morgan fingerprint density at radius 1 is 1.16 bits per heavy atom. The standard InChI is InChI=1S/C16H28N4O3S.HI/c1-4-18-16(19-11-6-12-23-5-2)20-13-14-7-9-15(10-8-14)24(21,22)17-3;/h7-10,17H,4-6,11-13H2,1-3H3,(H2,18,19,20);1H. The highest BCUT2D eigenvalue weighted by Gasteiger charge is 2.10. The van der Waals surface area contributed by atoms with Crippen LogP contribution in [-0.2, 0) is 21.3 Å². The van der Waals surface area contributed by atoms with Crippen LogP contribution in [0.5, 0.6) is 0 Å². The Morgan fingerprint density at radius 2 is 1.84 bits per heavy atom. The molecule has 0 saturated heterocycles. The predicted molar refractivity (Wildman–Crippen MR) is 112 cm³/mol. The van der Waals surface area contributed by atoms with E-state index in [0.717, 1.165) is 44.2 Å². The van der Waals surface area contributed by atoms with Crippen LogP contribution < -0.4 is 15.4 Å². The van der Waals surface area contributed by atoms with Gasteiger partial charge in [0.25, 0.3) is 0 Å². The van der Waals surface area contributed by atoms with Gasteiger partial charge < -0.3 is 15.4 Å². The minimum absolute atomic E-state index is 0. The molecule has 7 nitrogen and oxygen atoms in total. The predicted octanol–water partition coefficient (Wildman–Crippen LogP) is 1.69. The smallest absolute Gasteiger partial charge is 0.240 e. The van der Waals surface area contributed by atoms with Crippen molar-refractivity contribution in [1.82, 2.24) is 15.4 Å². The number of aliphatic imine (C=N–C) groups is 1. The molecule has 0 aliphatic heterocycles. The lowest BCUT2D eigenvalue weighted by Crippen LogP contribution is -2.38. The van der Waals surface area contributed by atoms with E-state index in [0.29, 0.717) is 6.54 Å². The third-order valence-corrected chi connectivity index (χ3v) is 4.66. The molecular weight excluding hydrogens is 455 g/mol. The highest BCUT2D eigenvalue weighted by atomic mass is 127. The fraction of sp³-hybridized carbons (Fsp3) is 0.562. The third-order valence-electron chi connectivity index (χ3n) is 3.23. The van der Waals surface area contributed by atoms with Crippen molar-refractivity contribution in [2.45, 2.75) is 31.7 Å². The number of guanidine groups is 1. The molecule has 0 spiro atoms. The molecule has 9 heteroatoms. The maximum Gasteiger partial charge on any atom is 0.240 e. The van der Waals surface area contributed by atoms with Gasteiger partial charge in [-0.25, -0.2) is 18.1 Å². The summed E-state index contributed by atoms with van der Waals surface area (Å²) in [5, 5.41) is 6.43. The van der Waals surface area contributed by atoms with Gasteiger partial charge in [-0.05, 0) is 45.0 Å². The summed E-state index contributed by atoms with van der Waals surface area (Å²) in [7, 11) is -2.00. The minimum Gasteiger partial charge on any atom is -0.382 e. The molecule has 0 unspecified atom stereocenters. The number of rotatable bonds is 10. The van der Waals surface area contributed by atoms with Gasteiger partial charge in [-0.1, -0.05) is 12.1 Å². The summed E-state index contributed by atoms with van der Waals surface area (Å²) in [5.74, 6) is 0.737. The van der Waals surface area contributed by atoms with Gasteiger partial charge in [0.05, 0.1) is 11.4 Å². The van der Waals surface area contributed by atoms with Crippen LogP contribution in [0.1, 0.15) is 25.8 Å². The van der Waals surface area contributed by atoms with Crippen molar-refractivity contribution >= 4 is 40.0 Å². The molecule has 3 N–H and O–H groups in total. The molecule has 0 heterocycles. The van der Waals surface area contributed by atoms with Crippen LogP contribution in [0, 0.1) is 0 Å². The van der Waals surface area contributed by atoms with Crippen LogP contribution in [0.2, 0.25) is 0 Å². The number of nitrogens with one attached hydrogen (secondary N) is 3. The maximum atomic E-state index is 11.7. The molecule has 0 radical (unpaired) electrons. The fourth-order valence-electron chi connectivity index (χ4n) is 1.93. The van der Waals surface area contributed by atoms with Crippen molar-refractivity contribution < 1.29 is 13.2 Å². The molecule has 0 aromatic heterocycles. The van der Waals surface area contributed by atoms with E-state index in [2.05, 4.69) is 20.3 Å². The summed E-state index contributed by atoms with van der Waals surface area (Å²) >= 11 is 0. The van der Waals surface area contributed by atoms with E-state index in [-0.39, 0.29) is 28.9 Å². The molecule has 25 heavy (non-hydrogen) atoms. The van der Waals surface area contributed by atoms with Crippen LogP contribution in [0.25, 0.3) is 0 Å². The molecule has 1 rings (SSSR count). The van der Waals surface area contributed by atoms with Crippen molar-refractivity contribution in [3.8, 4) is 0 Å². The molecule has 1 aromatic rings. The molecule has 0 bridgehead atoms. The molecule has 0 atom stereocenters. The first kappa shape index (κ1) is 24.1. The first-order valence-electron chi connectivity index (χ1n) is 8.16. The molecule has 0 aliphatic rings. The first-order chi connectivity index (χ1) is 11.5. The SMILES string of the molecule is CCNC(=NCc1ccc(S(=O)(=O)NC)cc1)NCCCOCC.I. The van der Waals surface area contributed by atoms with Gasteiger partial charge >= 0.3 is 0 Å². The summed E-state index contributed by atoms with van der Waals surface area (Å²) < 4.78 is 31.0. The van der Waals surface area contributed by atoms with Gasteiger partial charge in [0.15, 0.2) is 5.96 Å². The van der Waals surface area contributed by atoms with E-state index in [4.69, 9.17) is 4.74 Å². The quantitative estimate of drug-likeness (QED) is 0.204. The number of benzene rings is 1. The lowest BCUT2D eigenvalue weighted by Gasteiger charge is -2.11. The fourth-order valence-corrected chi connectivity index (χ4v) is 2.66. The normalized spacial score (nSPS) is 11.7. The minimum atomic E-state index is -3.40. The highest BCUT2D eigenvalue weighted by Crippen LogP contribution is 2.10. The van der Waals surface area contributed by atoms with Gasteiger partial charge in [-0.2, -0.15) is 0 Å². The average molecular weight is 484 g/mol. The largest absolute Gasteiger partial charge is 0.382 e. The molecular formula is C16H29IN4O3S. The van der Waals surface area contributed by atoms with E-state index in [1.165, 1.54) is 7.05 Å². The highest BCUT2D eigenvalue weighted by molar-refractivity contribution is 14.0. The first-order valence-corrected chi connectivity index (χ1v) is 9.64. The Hall–Kier alpha value is -0.910. The Labute approximate surface area is 168 Å². The Bertz CT molecular complexity index is 606. The molecule has 0 fully saturated rings. The summed E-state index contributed by atoms with van der Waals surface area (Å²) in [6, 6.07) is 6.71. The van der Waals surface area contributed by atoms with Crippen LogP contribution in [0.3, 0.4) is 0 Å². The monoisotopic (exact) mass is 484 g/mol. The Morgan fingerprint density at radius 3 is 2.40 bits per heavy atom. The third kappa shape index (κ3) is 9.38. The van der Waals surface area contributed by atoms with Crippen LogP contribution >= 0.6 is 24.0 Å². The van der Waals surface area contributed by atoms with Gasteiger partial charge in [0, 0.05) is 26.3 Å². The van der Waals surface area contributed by atoms with Crippen molar-refractivity contribution in [3.63, 3.8) is 0 Å². The topological polar surface area (TPSA) is 91.8 Å². The molecule has 144 valence electrons. The number of nitrogens with zero attached hydrogens (tertiary/aromatic N) is 1. The van der Waals surface area contributed by atoms with Crippen LogP contribution in [0.15, 0.2) is 34.2 Å². The van der Waals surface area contributed by atoms with E-state index >= 15 is 0 Å². The summed E-state index contributed by atoms with van der Waals surface area (Å²) in [5.41, 5.74) is 0.941. The van der Waals surface area contributed by atoms with Gasteiger partial charge in [0.2, 0.25) is 10.0 Å². The lowest BCUT2D eigenvalue weighted by atomic mass is 10.2. The molecule has 0 amide bonds. The second-order valence-electron chi connectivity index (χ2n) is 5.02. The summed E-state index contributed by atoms with van der Waals surface area (Å²) in [4.78, 5) is 4.75. The number of ether oxygens (including phenoxy) is 1. The summed E-state index contributed by atoms with van der Waals surface area (Å²) in [6.07, 6.45) is 0.912. The molecule has 1 aromatic carbocycles. The number of hydrogen-bond acceptors (Lipinski definition) is 4. The number of hydrogen-bond donors (Lipinski definition) is 3. The van der Waals surface area contributed by atoms with Crippen molar-refractivity contribution in [3.05, 3.63) is 29.8 Å². The lowest BCUT2D eigenvalue weighted by molar-refractivity contribution is 0.145. The number of sulfonamides is 1.